The van der Waals surface area contributed by atoms with Gasteiger partial charge >= 0.3 is 6.18 Å². The van der Waals surface area contributed by atoms with E-state index in [1.807, 2.05) is 4.90 Å². The predicted molar refractivity (Wildman–Crippen MR) is 64.7 cm³/mol. The first-order chi connectivity index (χ1) is 8.93. The number of pyridine rings is 1. The summed E-state index contributed by atoms with van der Waals surface area (Å²) in [5.41, 5.74) is 0.0829. The summed E-state index contributed by atoms with van der Waals surface area (Å²) in [6.45, 7) is 2.89. The second-order valence-corrected chi connectivity index (χ2v) is 4.47. The van der Waals surface area contributed by atoms with E-state index in [1.165, 1.54) is 6.92 Å². The minimum absolute atomic E-state index is 0.204. The average Bonchev–Trinajstić information content (AvgIpc) is 2.89. The third-order valence-electron chi connectivity index (χ3n) is 3.13. The van der Waals surface area contributed by atoms with Crippen LogP contribution in [0.5, 0.6) is 0 Å². The van der Waals surface area contributed by atoms with Crippen LogP contribution in [-0.2, 0) is 6.18 Å². The van der Waals surface area contributed by atoms with Crippen molar-refractivity contribution in [2.45, 2.75) is 25.9 Å². The van der Waals surface area contributed by atoms with Crippen molar-refractivity contribution in [3.05, 3.63) is 23.5 Å². The van der Waals surface area contributed by atoms with E-state index in [0.717, 1.165) is 25.1 Å². The van der Waals surface area contributed by atoms with Gasteiger partial charge < -0.3 is 10.1 Å². The van der Waals surface area contributed by atoms with Crippen molar-refractivity contribution in [2.75, 3.05) is 18.0 Å². The highest BCUT2D eigenvalue weighted by Crippen LogP contribution is 2.33. The van der Waals surface area contributed by atoms with Gasteiger partial charge in [-0.1, -0.05) is 5.16 Å². The summed E-state index contributed by atoms with van der Waals surface area (Å²) >= 11 is 0. The molecule has 104 valence electrons. The first kappa shape index (κ1) is 13.6. The summed E-state index contributed by atoms with van der Waals surface area (Å²) in [7, 11) is 0. The fourth-order valence-electron chi connectivity index (χ4n) is 2.13. The highest BCUT2D eigenvalue weighted by atomic mass is 19.4. The molecule has 1 aliphatic rings. The Labute approximate surface area is 108 Å². The number of hydrogen-bond donors (Lipinski definition) is 1. The van der Waals surface area contributed by atoms with E-state index in [2.05, 4.69) is 10.1 Å². The zero-order valence-corrected chi connectivity index (χ0v) is 10.4. The first-order valence-corrected chi connectivity index (χ1v) is 5.94. The molecule has 1 N–H and O–H groups in total. The van der Waals surface area contributed by atoms with E-state index >= 15 is 0 Å². The Morgan fingerprint density at radius 2 is 2.00 bits per heavy atom. The van der Waals surface area contributed by atoms with Gasteiger partial charge in [0, 0.05) is 19.3 Å². The fourth-order valence-corrected chi connectivity index (χ4v) is 2.13. The van der Waals surface area contributed by atoms with Crippen LogP contribution in [0.4, 0.5) is 18.9 Å². The standard InChI is InChI=1S/C12H14F3N3O/c1-8(17-19)11-10(18-4-2-3-5-18)6-9(7-16-11)12(13,14)15/h6-7,19H,2-5H2,1H3/b17-8-. The molecule has 0 spiro atoms. The fraction of sp³-hybridized carbons (Fsp3) is 0.500. The van der Waals surface area contributed by atoms with Gasteiger partial charge in [-0.15, -0.1) is 0 Å². The third-order valence-corrected chi connectivity index (χ3v) is 3.13. The van der Waals surface area contributed by atoms with Gasteiger partial charge in [-0.05, 0) is 25.8 Å². The predicted octanol–water partition coefficient (Wildman–Crippen LogP) is 2.90. The summed E-state index contributed by atoms with van der Waals surface area (Å²) in [6.07, 6.45) is -1.79. The van der Waals surface area contributed by atoms with E-state index < -0.39 is 11.7 Å². The van der Waals surface area contributed by atoms with Gasteiger partial charge in [0.25, 0.3) is 0 Å². The zero-order valence-electron chi connectivity index (χ0n) is 10.4. The average molecular weight is 273 g/mol. The van der Waals surface area contributed by atoms with Gasteiger partial charge in [-0.2, -0.15) is 13.2 Å². The number of hydrogen-bond acceptors (Lipinski definition) is 4. The molecule has 0 bridgehead atoms. The lowest BCUT2D eigenvalue weighted by Gasteiger charge is -2.21. The molecule has 0 radical (unpaired) electrons. The van der Waals surface area contributed by atoms with E-state index in [1.54, 1.807) is 0 Å². The Kier molecular flexibility index (Phi) is 3.64. The minimum atomic E-state index is -4.43. The maximum absolute atomic E-state index is 12.7. The van der Waals surface area contributed by atoms with Crippen molar-refractivity contribution in [1.29, 1.82) is 0 Å². The molecule has 7 heteroatoms. The second-order valence-electron chi connectivity index (χ2n) is 4.47. The molecule has 1 saturated heterocycles. The lowest BCUT2D eigenvalue weighted by atomic mass is 10.1. The summed E-state index contributed by atoms with van der Waals surface area (Å²) in [5.74, 6) is 0. The Balaban J connectivity index is 2.50. The van der Waals surface area contributed by atoms with Crippen LogP contribution in [0.25, 0.3) is 0 Å². The van der Waals surface area contributed by atoms with E-state index in [-0.39, 0.29) is 11.4 Å². The van der Waals surface area contributed by atoms with Crippen LogP contribution in [0.3, 0.4) is 0 Å². The lowest BCUT2D eigenvalue weighted by molar-refractivity contribution is -0.137. The van der Waals surface area contributed by atoms with Crippen LogP contribution < -0.4 is 4.90 Å². The molecule has 0 unspecified atom stereocenters. The summed E-state index contributed by atoms with van der Waals surface area (Å²) < 4.78 is 38.2. The molecule has 0 aromatic carbocycles. The van der Waals surface area contributed by atoms with Crippen molar-refractivity contribution in [3.8, 4) is 0 Å². The summed E-state index contributed by atoms with van der Waals surface area (Å²) in [6, 6.07) is 1.07. The Morgan fingerprint density at radius 3 is 2.53 bits per heavy atom. The number of alkyl halides is 3. The monoisotopic (exact) mass is 273 g/mol. The maximum atomic E-state index is 12.7. The smallest absolute Gasteiger partial charge is 0.411 e. The lowest BCUT2D eigenvalue weighted by Crippen LogP contribution is -2.22. The molecule has 2 heterocycles. The largest absolute Gasteiger partial charge is 0.417 e. The maximum Gasteiger partial charge on any atom is 0.417 e. The van der Waals surface area contributed by atoms with Crippen LogP contribution >= 0.6 is 0 Å². The number of anilines is 1. The third kappa shape index (κ3) is 2.80. The Morgan fingerprint density at radius 1 is 1.37 bits per heavy atom. The molecule has 1 aliphatic heterocycles. The summed E-state index contributed by atoms with van der Waals surface area (Å²) in [5, 5.41) is 11.8. The topological polar surface area (TPSA) is 48.7 Å². The van der Waals surface area contributed by atoms with Crippen LogP contribution in [0.15, 0.2) is 17.4 Å². The van der Waals surface area contributed by atoms with Crippen molar-refractivity contribution < 1.29 is 18.4 Å². The van der Waals surface area contributed by atoms with Gasteiger partial charge in [0.1, 0.15) is 11.4 Å². The Hall–Kier alpha value is -1.79. The first-order valence-electron chi connectivity index (χ1n) is 5.94. The van der Waals surface area contributed by atoms with E-state index in [4.69, 9.17) is 5.21 Å². The van der Waals surface area contributed by atoms with Crippen LogP contribution in [0.2, 0.25) is 0 Å². The van der Waals surface area contributed by atoms with Crippen LogP contribution in [-0.4, -0.2) is 29.0 Å². The molecular formula is C12H14F3N3O. The van der Waals surface area contributed by atoms with Gasteiger partial charge in [-0.3, -0.25) is 4.98 Å². The number of oxime groups is 1. The molecular weight excluding hydrogens is 259 g/mol. The van der Waals surface area contributed by atoms with Gasteiger partial charge in [0.2, 0.25) is 0 Å². The molecule has 0 amide bonds. The summed E-state index contributed by atoms with van der Waals surface area (Å²) in [4.78, 5) is 5.65. The number of nitrogens with zero attached hydrogens (tertiary/aromatic N) is 3. The molecule has 2 rings (SSSR count). The van der Waals surface area contributed by atoms with Gasteiger partial charge in [0.15, 0.2) is 0 Å². The number of aromatic nitrogens is 1. The SMILES string of the molecule is C/C(=N/O)c1ncc(C(F)(F)F)cc1N1CCCC1. The highest BCUT2D eigenvalue weighted by Gasteiger charge is 2.33. The highest BCUT2D eigenvalue weighted by molar-refractivity contribution is 6.01. The van der Waals surface area contributed by atoms with E-state index in [9.17, 15) is 13.2 Å². The van der Waals surface area contributed by atoms with Crippen molar-refractivity contribution in [3.63, 3.8) is 0 Å². The van der Waals surface area contributed by atoms with Gasteiger partial charge in [0.05, 0.1) is 11.3 Å². The zero-order chi connectivity index (χ0) is 14.0. The van der Waals surface area contributed by atoms with Crippen molar-refractivity contribution in [2.24, 2.45) is 5.16 Å². The van der Waals surface area contributed by atoms with Crippen molar-refractivity contribution in [1.82, 2.24) is 4.98 Å². The molecule has 19 heavy (non-hydrogen) atoms. The number of halogens is 3. The molecule has 0 saturated carbocycles. The van der Waals surface area contributed by atoms with E-state index in [0.29, 0.717) is 18.8 Å². The minimum Gasteiger partial charge on any atom is -0.411 e. The molecule has 1 fully saturated rings. The molecule has 1 aromatic rings. The second kappa shape index (κ2) is 5.07. The quantitative estimate of drug-likeness (QED) is 0.512. The normalized spacial score (nSPS) is 17.1. The van der Waals surface area contributed by atoms with Crippen molar-refractivity contribution >= 4 is 11.4 Å². The van der Waals surface area contributed by atoms with Crippen LogP contribution in [0.1, 0.15) is 31.0 Å². The Bertz CT molecular complexity index is 493. The molecule has 0 aliphatic carbocycles. The molecule has 0 atom stereocenters. The van der Waals surface area contributed by atoms with Gasteiger partial charge in [-0.25, -0.2) is 0 Å². The van der Waals surface area contributed by atoms with Crippen LogP contribution in [0, 0.1) is 0 Å². The molecule has 1 aromatic heterocycles. The molecule has 4 nitrogen and oxygen atoms in total. The number of rotatable bonds is 2.